The molecular formula is C36H47FN4O8S. The second kappa shape index (κ2) is 17.5. The number of amides is 3. The molecule has 12 nitrogen and oxygen atoms in total. The van der Waals surface area contributed by atoms with E-state index in [2.05, 4.69) is 10.0 Å². The van der Waals surface area contributed by atoms with E-state index in [-0.39, 0.29) is 47.9 Å². The molecule has 3 aromatic carbocycles. The van der Waals surface area contributed by atoms with Gasteiger partial charge in [0.05, 0.1) is 42.4 Å². The first kappa shape index (κ1) is 38.4. The largest absolute Gasteiger partial charge is 0.497 e. The van der Waals surface area contributed by atoms with Crippen LogP contribution in [0, 0.1) is 11.7 Å². The lowest BCUT2D eigenvalue weighted by Gasteiger charge is -2.35. The van der Waals surface area contributed by atoms with Crippen molar-refractivity contribution in [3.8, 4) is 11.5 Å². The van der Waals surface area contributed by atoms with Crippen molar-refractivity contribution in [1.82, 2.24) is 9.80 Å². The Morgan fingerprint density at radius 3 is 2.42 bits per heavy atom. The van der Waals surface area contributed by atoms with Crippen LogP contribution in [-0.4, -0.2) is 94.0 Å². The van der Waals surface area contributed by atoms with Crippen molar-refractivity contribution in [3.63, 3.8) is 0 Å². The van der Waals surface area contributed by atoms with E-state index < -0.39 is 39.9 Å². The molecule has 3 aromatic rings. The van der Waals surface area contributed by atoms with Crippen LogP contribution in [0.15, 0.2) is 71.6 Å². The molecule has 4 atom stereocenters. The third-order valence-corrected chi connectivity index (χ3v) is 9.97. The normalized spacial score (nSPS) is 19.7. The number of aliphatic hydroxyl groups excluding tert-OH is 1. The van der Waals surface area contributed by atoms with Gasteiger partial charge < -0.3 is 34.4 Å². The minimum atomic E-state index is -4.01. The Hall–Kier alpha value is -4.40. The zero-order valence-electron chi connectivity index (χ0n) is 29.1. The minimum Gasteiger partial charge on any atom is -0.497 e. The molecule has 272 valence electrons. The molecule has 1 heterocycles. The molecule has 0 saturated heterocycles. The van der Waals surface area contributed by atoms with Gasteiger partial charge in [0.15, 0.2) is 0 Å². The van der Waals surface area contributed by atoms with E-state index >= 15 is 0 Å². The van der Waals surface area contributed by atoms with E-state index in [9.17, 15) is 27.5 Å². The molecule has 0 fully saturated rings. The molecule has 0 aliphatic carbocycles. The highest BCUT2D eigenvalue weighted by Gasteiger charge is 2.31. The summed E-state index contributed by atoms with van der Waals surface area (Å²) in [6.45, 7) is 5.95. The van der Waals surface area contributed by atoms with E-state index in [0.29, 0.717) is 30.2 Å². The Morgan fingerprint density at radius 2 is 1.76 bits per heavy atom. The first-order chi connectivity index (χ1) is 23.8. The van der Waals surface area contributed by atoms with Crippen molar-refractivity contribution in [3.05, 3.63) is 78.1 Å². The van der Waals surface area contributed by atoms with Gasteiger partial charge in [0.1, 0.15) is 17.3 Å². The van der Waals surface area contributed by atoms with Gasteiger partial charge in [-0.1, -0.05) is 6.92 Å². The third-order valence-electron chi connectivity index (χ3n) is 8.57. The number of nitrogens with zero attached hydrogens (tertiary/aromatic N) is 2. The number of fused-ring (bicyclic) bond motifs is 1. The van der Waals surface area contributed by atoms with Crippen LogP contribution in [0.4, 0.5) is 20.6 Å². The number of anilines is 2. The summed E-state index contributed by atoms with van der Waals surface area (Å²) < 4.78 is 60.1. The molecule has 0 saturated carbocycles. The van der Waals surface area contributed by atoms with Gasteiger partial charge >= 0.3 is 6.03 Å². The number of carbonyl (C=O) groups is 2. The summed E-state index contributed by atoms with van der Waals surface area (Å²) >= 11 is 0. The maximum Gasteiger partial charge on any atom is 0.321 e. The number of ether oxygens (including phenoxy) is 3. The lowest BCUT2D eigenvalue weighted by Crippen LogP contribution is -2.48. The molecule has 3 amide bonds. The molecule has 3 N–H and O–H groups in total. The zero-order valence-corrected chi connectivity index (χ0v) is 29.9. The average molecular weight is 715 g/mol. The van der Waals surface area contributed by atoms with E-state index in [1.54, 1.807) is 38.2 Å². The molecule has 0 bridgehead atoms. The summed E-state index contributed by atoms with van der Waals surface area (Å²) in [6, 6.07) is 14.9. The number of likely N-dealkylation sites (N-methyl/N-ethyl adjacent to an activating group) is 1. The fraction of sp³-hybridized carbons (Fsp3) is 0.444. The summed E-state index contributed by atoms with van der Waals surface area (Å²) in [6.07, 6.45) is 1.42. The zero-order chi connectivity index (χ0) is 36.4. The van der Waals surface area contributed by atoms with E-state index in [1.807, 2.05) is 13.8 Å². The molecule has 1 aliphatic rings. The number of methoxy groups -OCH3 is 1. The summed E-state index contributed by atoms with van der Waals surface area (Å²) in [5, 5.41) is 13.0. The smallest absolute Gasteiger partial charge is 0.321 e. The Labute approximate surface area is 293 Å². The number of urea groups is 1. The van der Waals surface area contributed by atoms with Crippen LogP contribution >= 0.6 is 0 Å². The number of hydrogen-bond donors (Lipinski definition) is 3. The average Bonchev–Trinajstić information content (AvgIpc) is 3.10. The van der Waals surface area contributed by atoms with E-state index in [4.69, 9.17) is 14.2 Å². The number of hydrogen-bond acceptors (Lipinski definition) is 8. The number of sulfonamides is 1. The Bertz CT molecular complexity index is 1690. The van der Waals surface area contributed by atoms with Crippen molar-refractivity contribution in [1.29, 1.82) is 0 Å². The predicted molar refractivity (Wildman–Crippen MR) is 189 cm³/mol. The third kappa shape index (κ3) is 10.3. The van der Waals surface area contributed by atoms with Gasteiger partial charge in [-0.05, 0) is 99.8 Å². The molecule has 1 aliphatic heterocycles. The number of rotatable bonds is 9. The van der Waals surface area contributed by atoms with Gasteiger partial charge in [-0.25, -0.2) is 17.6 Å². The van der Waals surface area contributed by atoms with Crippen molar-refractivity contribution in [2.45, 2.75) is 63.2 Å². The minimum absolute atomic E-state index is 0.0151. The molecule has 0 aromatic heterocycles. The van der Waals surface area contributed by atoms with E-state index in [1.165, 1.54) is 59.4 Å². The Morgan fingerprint density at radius 1 is 1.08 bits per heavy atom. The maximum atomic E-state index is 14.4. The fourth-order valence-corrected chi connectivity index (χ4v) is 6.57. The monoisotopic (exact) mass is 714 g/mol. The highest BCUT2D eigenvalue weighted by atomic mass is 32.2. The number of aliphatic hydroxyl groups is 1. The highest BCUT2D eigenvalue weighted by molar-refractivity contribution is 7.92. The summed E-state index contributed by atoms with van der Waals surface area (Å²) in [5.74, 6) is -0.391. The molecule has 0 spiro atoms. The first-order valence-electron chi connectivity index (χ1n) is 16.6. The van der Waals surface area contributed by atoms with Crippen LogP contribution < -0.4 is 19.5 Å². The molecule has 0 unspecified atom stereocenters. The van der Waals surface area contributed by atoms with Gasteiger partial charge in [-0.2, -0.15) is 0 Å². The summed E-state index contributed by atoms with van der Waals surface area (Å²) in [4.78, 5) is 30.4. The van der Waals surface area contributed by atoms with Crippen LogP contribution in [-0.2, 0) is 14.8 Å². The number of carbonyl (C=O) groups excluding carboxylic acids is 2. The van der Waals surface area contributed by atoms with Crippen molar-refractivity contribution in [2.24, 2.45) is 5.92 Å². The Kier molecular flexibility index (Phi) is 13.4. The highest BCUT2D eigenvalue weighted by Crippen LogP contribution is 2.30. The van der Waals surface area contributed by atoms with Gasteiger partial charge in [-0.3, -0.25) is 9.52 Å². The molecule has 0 radical (unpaired) electrons. The van der Waals surface area contributed by atoms with Crippen LogP contribution in [0.25, 0.3) is 0 Å². The summed E-state index contributed by atoms with van der Waals surface area (Å²) in [5.41, 5.74) is 0.729. The molecule has 50 heavy (non-hydrogen) atoms. The van der Waals surface area contributed by atoms with Crippen LogP contribution in [0.1, 0.15) is 50.4 Å². The van der Waals surface area contributed by atoms with Crippen LogP contribution in [0.3, 0.4) is 0 Å². The second-order valence-electron chi connectivity index (χ2n) is 12.6. The van der Waals surface area contributed by atoms with Crippen LogP contribution in [0.2, 0.25) is 0 Å². The topological polar surface area (TPSA) is 147 Å². The number of benzene rings is 3. The molecule has 14 heteroatoms. The maximum absolute atomic E-state index is 14.4. The van der Waals surface area contributed by atoms with Crippen LogP contribution in [0.5, 0.6) is 11.5 Å². The lowest BCUT2D eigenvalue weighted by atomic mass is 10.0. The standard InChI is InChI=1S/C36H47FN4O8S/c1-24-21-41(25(2)23-42)35(43)32-20-29(39-50(45,46)31-16-14-30(47-5)15-17-31)13-18-33(32)49-26(3)8-6-7-19-48-34(24)22-40(4)36(44)38-28-11-9-27(37)10-12-28/h9-18,20,24-26,34,39,42H,6-8,19,21-23H2,1-5H3,(H,38,44)/t24-,25+,26+,34-/m0/s1. The molecular weight excluding hydrogens is 667 g/mol. The molecule has 4 rings (SSSR count). The summed E-state index contributed by atoms with van der Waals surface area (Å²) in [7, 11) is -0.900. The van der Waals surface area contributed by atoms with E-state index in [0.717, 1.165) is 12.8 Å². The lowest BCUT2D eigenvalue weighted by molar-refractivity contribution is -0.0115. The van der Waals surface area contributed by atoms with Crippen molar-refractivity contribution < 1.29 is 41.7 Å². The second-order valence-corrected chi connectivity index (χ2v) is 14.3. The van der Waals surface area contributed by atoms with Gasteiger partial charge in [0.25, 0.3) is 15.9 Å². The number of halogens is 1. The fourth-order valence-electron chi connectivity index (χ4n) is 5.52. The van der Waals surface area contributed by atoms with Gasteiger partial charge in [0, 0.05) is 44.0 Å². The first-order valence-corrected chi connectivity index (χ1v) is 18.1. The number of nitrogens with one attached hydrogen (secondary N) is 2. The van der Waals surface area contributed by atoms with Gasteiger partial charge in [0.2, 0.25) is 0 Å². The predicted octanol–water partition coefficient (Wildman–Crippen LogP) is 5.59. The van der Waals surface area contributed by atoms with Crippen molar-refractivity contribution >= 4 is 33.3 Å². The quantitative estimate of drug-likeness (QED) is 0.260. The van der Waals surface area contributed by atoms with Gasteiger partial charge in [-0.15, -0.1) is 0 Å². The Balaban J connectivity index is 1.62. The van der Waals surface area contributed by atoms with Crippen molar-refractivity contribution in [2.75, 3.05) is 50.5 Å². The SMILES string of the molecule is COc1ccc(S(=O)(=O)Nc2ccc3c(c2)C(=O)N([C@H](C)CO)C[C@H](C)[C@H](CN(C)C(=O)Nc2ccc(F)cc2)OCCCC[C@@H](C)O3)cc1.